The van der Waals surface area contributed by atoms with Crippen molar-refractivity contribution in [1.82, 2.24) is 0 Å². The minimum absolute atomic E-state index is 0.0648. The number of aromatic hydroxyl groups is 1. The van der Waals surface area contributed by atoms with E-state index >= 15 is 0 Å². The van der Waals surface area contributed by atoms with Crippen molar-refractivity contribution < 1.29 is 19.4 Å². The van der Waals surface area contributed by atoms with E-state index in [0.717, 1.165) is 0 Å². The minimum Gasteiger partial charge on any atom is -0.508 e. The highest BCUT2D eigenvalue weighted by Crippen LogP contribution is 2.17. The van der Waals surface area contributed by atoms with Crippen LogP contribution in [0.4, 0.5) is 5.69 Å². The third-order valence-corrected chi connectivity index (χ3v) is 2.53. The second-order valence-corrected chi connectivity index (χ2v) is 4.04. The monoisotopic (exact) mass is 271 g/mol. The first kappa shape index (κ1) is 13.6. The van der Waals surface area contributed by atoms with Crippen LogP contribution >= 0.6 is 0 Å². The van der Waals surface area contributed by atoms with E-state index in [1.54, 1.807) is 36.4 Å². The summed E-state index contributed by atoms with van der Waals surface area (Å²) in [6.07, 6.45) is 0.669. The number of phenolic OH excluding ortho intramolecular Hbond substituents is 1. The molecule has 2 aromatic carbocycles. The molecular weight excluding hydrogens is 258 g/mol. The Labute approximate surface area is 115 Å². The molecule has 5 nitrogen and oxygen atoms in total. The number of nitrogens with one attached hydrogen (secondary N) is 1. The van der Waals surface area contributed by atoms with E-state index in [-0.39, 0.29) is 18.3 Å². The van der Waals surface area contributed by atoms with Gasteiger partial charge in [-0.3, -0.25) is 9.59 Å². The smallest absolute Gasteiger partial charge is 0.262 e. The lowest BCUT2D eigenvalue weighted by molar-refractivity contribution is -0.118. The molecule has 0 aliphatic carbocycles. The third kappa shape index (κ3) is 3.58. The van der Waals surface area contributed by atoms with Gasteiger partial charge in [0.1, 0.15) is 11.5 Å². The molecule has 0 aliphatic rings. The maximum absolute atomic E-state index is 11.7. The summed E-state index contributed by atoms with van der Waals surface area (Å²) in [5.41, 5.74) is 0.861. The van der Waals surface area contributed by atoms with Crippen molar-refractivity contribution in [3.8, 4) is 11.5 Å². The zero-order chi connectivity index (χ0) is 14.4. The number of phenols is 1. The van der Waals surface area contributed by atoms with Gasteiger partial charge in [-0.25, -0.2) is 0 Å². The zero-order valence-corrected chi connectivity index (χ0v) is 10.6. The number of rotatable bonds is 5. The Kier molecular flexibility index (Phi) is 4.34. The summed E-state index contributed by atoms with van der Waals surface area (Å²) < 4.78 is 5.29. The van der Waals surface area contributed by atoms with Crippen LogP contribution in [0.1, 0.15) is 10.4 Å². The maximum atomic E-state index is 11.7. The van der Waals surface area contributed by atoms with Gasteiger partial charge in [0.2, 0.25) is 0 Å². The second kappa shape index (κ2) is 6.38. The molecule has 102 valence electrons. The first-order chi connectivity index (χ1) is 9.69. The van der Waals surface area contributed by atoms with Gasteiger partial charge in [-0.1, -0.05) is 18.2 Å². The molecule has 2 rings (SSSR count). The number of para-hydroxylation sites is 1. The molecule has 0 saturated heterocycles. The highest BCUT2D eigenvalue weighted by Gasteiger charge is 2.06. The lowest BCUT2D eigenvalue weighted by atomic mass is 10.2. The van der Waals surface area contributed by atoms with Crippen LogP contribution in [-0.4, -0.2) is 23.9 Å². The van der Waals surface area contributed by atoms with Crippen molar-refractivity contribution in [2.45, 2.75) is 0 Å². The largest absolute Gasteiger partial charge is 0.508 e. The van der Waals surface area contributed by atoms with Crippen LogP contribution in [0.25, 0.3) is 0 Å². The molecule has 0 aliphatic heterocycles. The molecule has 0 unspecified atom stereocenters. The van der Waals surface area contributed by atoms with Gasteiger partial charge in [-0.05, 0) is 24.3 Å². The molecule has 0 atom stereocenters. The van der Waals surface area contributed by atoms with Gasteiger partial charge >= 0.3 is 0 Å². The number of benzene rings is 2. The number of ether oxygens (including phenoxy) is 1. The lowest BCUT2D eigenvalue weighted by Crippen LogP contribution is -2.20. The van der Waals surface area contributed by atoms with Gasteiger partial charge in [0.25, 0.3) is 5.91 Å². The van der Waals surface area contributed by atoms with Crippen molar-refractivity contribution in [2.75, 3.05) is 11.9 Å². The first-order valence-electron chi connectivity index (χ1n) is 5.95. The SMILES string of the molecule is O=Cc1ccccc1OCC(=O)Nc1cccc(O)c1. The molecule has 0 saturated carbocycles. The van der Waals surface area contributed by atoms with Gasteiger partial charge < -0.3 is 15.2 Å². The molecule has 0 bridgehead atoms. The van der Waals surface area contributed by atoms with E-state index in [1.165, 1.54) is 12.1 Å². The molecule has 2 N–H and O–H groups in total. The summed E-state index contributed by atoms with van der Waals surface area (Å²) in [6, 6.07) is 12.9. The average molecular weight is 271 g/mol. The fourth-order valence-electron chi connectivity index (χ4n) is 1.63. The fourth-order valence-corrected chi connectivity index (χ4v) is 1.63. The zero-order valence-electron chi connectivity index (χ0n) is 10.6. The number of carbonyl (C=O) groups excluding carboxylic acids is 2. The van der Waals surface area contributed by atoms with E-state index in [2.05, 4.69) is 5.32 Å². The first-order valence-corrected chi connectivity index (χ1v) is 5.95. The summed E-state index contributed by atoms with van der Waals surface area (Å²) in [7, 11) is 0. The van der Waals surface area contributed by atoms with Crippen molar-refractivity contribution >= 4 is 17.9 Å². The van der Waals surface area contributed by atoms with Crippen LogP contribution in [-0.2, 0) is 4.79 Å². The number of amides is 1. The lowest BCUT2D eigenvalue weighted by Gasteiger charge is -2.09. The number of anilines is 1. The molecule has 0 radical (unpaired) electrons. The quantitative estimate of drug-likeness (QED) is 0.818. The van der Waals surface area contributed by atoms with Crippen LogP contribution in [0.15, 0.2) is 48.5 Å². The number of carbonyl (C=O) groups is 2. The minimum atomic E-state index is -0.378. The number of hydrogen-bond acceptors (Lipinski definition) is 4. The van der Waals surface area contributed by atoms with Crippen LogP contribution in [0, 0.1) is 0 Å². The molecule has 1 amide bonds. The molecule has 0 spiro atoms. The standard InChI is InChI=1S/C15H13NO4/c17-9-11-4-1-2-7-14(11)20-10-15(19)16-12-5-3-6-13(18)8-12/h1-9,18H,10H2,(H,16,19). The summed E-state index contributed by atoms with van der Waals surface area (Å²) >= 11 is 0. The van der Waals surface area contributed by atoms with E-state index in [0.29, 0.717) is 23.3 Å². The topological polar surface area (TPSA) is 75.6 Å². The Morgan fingerprint density at radius 2 is 2.00 bits per heavy atom. The van der Waals surface area contributed by atoms with Crippen molar-refractivity contribution in [3.05, 3.63) is 54.1 Å². The Morgan fingerprint density at radius 3 is 2.75 bits per heavy atom. The molecular formula is C15H13NO4. The fraction of sp³-hybridized carbons (Fsp3) is 0.0667. The Morgan fingerprint density at radius 1 is 1.20 bits per heavy atom. The van der Waals surface area contributed by atoms with E-state index in [4.69, 9.17) is 4.74 Å². The van der Waals surface area contributed by atoms with Gasteiger partial charge in [-0.2, -0.15) is 0 Å². The van der Waals surface area contributed by atoms with Gasteiger partial charge in [0.15, 0.2) is 12.9 Å². The summed E-state index contributed by atoms with van der Waals surface area (Å²) in [5.74, 6) is 0.0416. The van der Waals surface area contributed by atoms with E-state index < -0.39 is 0 Å². The predicted octanol–water partition coefficient (Wildman–Crippen LogP) is 2.22. The van der Waals surface area contributed by atoms with Crippen molar-refractivity contribution in [2.24, 2.45) is 0 Å². The Balaban J connectivity index is 1.94. The summed E-state index contributed by atoms with van der Waals surface area (Å²) in [6.45, 7) is -0.222. The Hall–Kier alpha value is -2.82. The second-order valence-electron chi connectivity index (χ2n) is 4.04. The average Bonchev–Trinajstić information content (AvgIpc) is 2.45. The highest BCUT2D eigenvalue weighted by atomic mass is 16.5. The normalized spacial score (nSPS) is 9.80. The van der Waals surface area contributed by atoms with Crippen LogP contribution in [0.5, 0.6) is 11.5 Å². The number of aldehydes is 1. The van der Waals surface area contributed by atoms with Crippen LogP contribution in [0.2, 0.25) is 0 Å². The molecule has 0 aromatic heterocycles. The molecule has 2 aromatic rings. The van der Waals surface area contributed by atoms with Crippen molar-refractivity contribution in [3.63, 3.8) is 0 Å². The van der Waals surface area contributed by atoms with Gasteiger partial charge in [0.05, 0.1) is 5.56 Å². The highest BCUT2D eigenvalue weighted by molar-refractivity contribution is 5.92. The third-order valence-electron chi connectivity index (χ3n) is 2.53. The Bertz CT molecular complexity index is 625. The van der Waals surface area contributed by atoms with Crippen molar-refractivity contribution in [1.29, 1.82) is 0 Å². The van der Waals surface area contributed by atoms with Crippen LogP contribution in [0.3, 0.4) is 0 Å². The molecule has 0 heterocycles. The summed E-state index contributed by atoms with van der Waals surface area (Å²) in [5, 5.41) is 11.9. The molecule has 5 heteroatoms. The van der Waals surface area contributed by atoms with Gasteiger partial charge in [0, 0.05) is 11.8 Å². The predicted molar refractivity (Wildman–Crippen MR) is 74.1 cm³/mol. The maximum Gasteiger partial charge on any atom is 0.262 e. The van der Waals surface area contributed by atoms with Crippen LogP contribution < -0.4 is 10.1 Å². The van der Waals surface area contributed by atoms with E-state index in [1.807, 2.05) is 0 Å². The molecule has 20 heavy (non-hydrogen) atoms. The molecule has 0 fully saturated rings. The number of hydrogen-bond donors (Lipinski definition) is 2. The van der Waals surface area contributed by atoms with Gasteiger partial charge in [-0.15, -0.1) is 0 Å². The van der Waals surface area contributed by atoms with E-state index in [9.17, 15) is 14.7 Å². The summed E-state index contributed by atoms with van der Waals surface area (Å²) in [4.78, 5) is 22.5.